The number of anilines is 2. The van der Waals surface area contributed by atoms with E-state index in [4.69, 9.17) is 10.2 Å². The predicted molar refractivity (Wildman–Crippen MR) is 126 cm³/mol. The number of aliphatic imine (C=N–C) groups is 4. The Morgan fingerprint density at radius 1 is 1.13 bits per heavy atom. The maximum Gasteiger partial charge on any atom is 0.209 e. The third-order valence-electron chi connectivity index (χ3n) is 4.56. The fourth-order valence-electron chi connectivity index (χ4n) is 3.13. The third-order valence-corrected chi connectivity index (χ3v) is 5.46. The molecule has 0 saturated heterocycles. The van der Waals surface area contributed by atoms with Crippen molar-refractivity contribution in [3.05, 3.63) is 35.4 Å². The van der Waals surface area contributed by atoms with E-state index in [0.717, 1.165) is 16.5 Å². The van der Waals surface area contributed by atoms with Gasteiger partial charge in [-0.05, 0) is 36.9 Å². The average molecular weight is 443 g/mol. The lowest BCUT2D eigenvalue weighted by Gasteiger charge is -2.29. The smallest absolute Gasteiger partial charge is 0.209 e. The van der Waals surface area contributed by atoms with Crippen LogP contribution in [0.4, 0.5) is 10.9 Å². The van der Waals surface area contributed by atoms with Gasteiger partial charge in [-0.3, -0.25) is 15.5 Å². The summed E-state index contributed by atoms with van der Waals surface area (Å²) in [6.45, 7) is 4.50. The zero-order chi connectivity index (χ0) is 22.0. The molecule has 4 rings (SSSR count). The lowest BCUT2D eigenvalue weighted by molar-refractivity contribution is 0.478. The van der Waals surface area contributed by atoms with Gasteiger partial charge in [0.05, 0.1) is 11.3 Å². The van der Waals surface area contributed by atoms with Crippen LogP contribution in [0.1, 0.15) is 19.4 Å². The molecule has 5 N–H and O–H groups in total. The van der Waals surface area contributed by atoms with Gasteiger partial charge in [0.25, 0.3) is 0 Å². The number of hydrogen-bond acceptors (Lipinski definition) is 12. The number of nitrogens with two attached hydrogens (primary N) is 1. The highest BCUT2D eigenvalue weighted by molar-refractivity contribution is 7.14. The number of guanidine groups is 4. The minimum atomic E-state index is -0.207. The number of nitrogens with zero attached hydrogens (tertiary/aromatic N) is 6. The molecule has 2 aromatic rings. The largest absolute Gasteiger partial charge is 0.448 e. The number of rotatable bonds is 4. The highest BCUT2D eigenvalue weighted by Gasteiger charge is 2.21. The molecule has 164 valence electrons. The molecule has 0 bridgehead atoms. The first-order valence-corrected chi connectivity index (χ1v) is 10.7. The Hall–Kier alpha value is -3.54. The standard InChI is InChI=1S/C19H26N10OS/c1-11-21-16(20)26-17(22-11)25-14-8-13(10-31-14)9-28(3)18-23-12(2)24-19(27-18)29(4)15-6-5-7-30-15/h5-8,10-12H,9H2,1-4H3,(H,23,24,27)(H4,20,21,22,25,26). The molecule has 12 heteroatoms. The highest BCUT2D eigenvalue weighted by Crippen LogP contribution is 2.22. The van der Waals surface area contributed by atoms with Crippen LogP contribution in [-0.2, 0) is 6.54 Å². The summed E-state index contributed by atoms with van der Waals surface area (Å²) in [6, 6.07) is 5.81. The molecule has 0 aromatic carbocycles. The SMILES string of the molecule is CC1N=C(N)NC(Nc2cc(CN(C)C3=NC(C)N=C(N(C)c4ccco4)N3)cs2)=N1. The Kier molecular flexibility index (Phi) is 5.80. The van der Waals surface area contributed by atoms with Crippen molar-refractivity contribution in [2.45, 2.75) is 32.7 Å². The van der Waals surface area contributed by atoms with Crippen molar-refractivity contribution in [3.63, 3.8) is 0 Å². The van der Waals surface area contributed by atoms with Crippen LogP contribution in [0.2, 0.25) is 0 Å². The quantitative estimate of drug-likeness (QED) is 0.566. The molecular formula is C19H26N10OS. The zero-order valence-corrected chi connectivity index (χ0v) is 18.6. The summed E-state index contributed by atoms with van der Waals surface area (Å²) in [7, 11) is 3.89. The van der Waals surface area contributed by atoms with Crippen LogP contribution in [0.15, 0.2) is 54.2 Å². The van der Waals surface area contributed by atoms with E-state index in [-0.39, 0.29) is 12.3 Å². The Bertz CT molecular complexity index is 1040. The summed E-state index contributed by atoms with van der Waals surface area (Å²) >= 11 is 1.59. The van der Waals surface area contributed by atoms with Crippen molar-refractivity contribution >= 4 is 46.1 Å². The van der Waals surface area contributed by atoms with E-state index in [1.165, 1.54) is 0 Å². The van der Waals surface area contributed by atoms with E-state index in [1.54, 1.807) is 17.6 Å². The molecule has 4 heterocycles. The van der Waals surface area contributed by atoms with Crippen LogP contribution in [0, 0.1) is 0 Å². The van der Waals surface area contributed by atoms with Gasteiger partial charge in [0.15, 0.2) is 5.96 Å². The van der Waals surface area contributed by atoms with Crippen molar-refractivity contribution in [3.8, 4) is 0 Å². The minimum absolute atomic E-state index is 0.199. The molecule has 0 aliphatic carbocycles. The molecule has 0 radical (unpaired) electrons. The molecular weight excluding hydrogens is 416 g/mol. The average Bonchev–Trinajstić information content (AvgIpc) is 3.38. The normalized spacial score (nSPS) is 20.5. The van der Waals surface area contributed by atoms with Crippen LogP contribution >= 0.6 is 11.3 Å². The van der Waals surface area contributed by atoms with Gasteiger partial charge < -0.3 is 20.4 Å². The molecule has 0 saturated carbocycles. The molecule has 31 heavy (non-hydrogen) atoms. The van der Waals surface area contributed by atoms with E-state index < -0.39 is 0 Å². The van der Waals surface area contributed by atoms with Crippen LogP contribution < -0.4 is 26.6 Å². The van der Waals surface area contributed by atoms with Crippen molar-refractivity contribution in [1.82, 2.24) is 15.5 Å². The lowest BCUT2D eigenvalue weighted by Crippen LogP contribution is -2.51. The molecule has 2 aliphatic rings. The van der Waals surface area contributed by atoms with Gasteiger partial charge in [-0.1, -0.05) is 0 Å². The highest BCUT2D eigenvalue weighted by atomic mass is 32.1. The number of nitrogens with one attached hydrogen (secondary N) is 3. The van der Waals surface area contributed by atoms with Gasteiger partial charge in [0.2, 0.25) is 23.8 Å². The van der Waals surface area contributed by atoms with Gasteiger partial charge in [0.1, 0.15) is 12.3 Å². The second kappa shape index (κ2) is 8.68. The summed E-state index contributed by atoms with van der Waals surface area (Å²) in [4.78, 5) is 21.6. The summed E-state index contributed by atoms with van der Waals surface area (Å²) in [5, 5.41) is 12.5. The Morgan fingerprint density at radius 2 is 1.90 bits per heavy atom. The first-order chi connectivity index (χ1) is 14.9. The third kappa shape index (κ3) is 4.97. The van der Waals surface area contributed by atoms with Crippen molar-refractivity contribution in [2.24, 2.45) is 25.7 Å². The van der Waals surface area contributed by atoms with Crippen molar-refractivity contribution < 1.29 is 4.42 Å². The minimum Gasteiger partial charge on any atom is -0.448 e. The van der Waals surface area contributed by atoms with Crippen LogP contribution in [0.25, 0.3) is 0 Å². The lowest BCUT2D eigenvalue weighted by atomic mass is 10.3. The molecule has 0 spiro atoms. The van der Waals surface area contributed by atoms with E-state index in [9.17, 15) is 0 Å². The van der Waals surface area contributed by atoms with E-state index in [1.807, 2.05) is 45.0 Å². The molecule has 0 fully saturated rings. The second-order valence-electron chi connectivity index (χ2n) is 7.22. The van der Waals surface area contributed by atoms with Crippen molar-refractivity contribution in [2.75, 3.05) is 24.3 Å². The maximum absolute atomic E-state index is 5.77. The Balaban J connectivity index is 1.38. The predicted octanol–water partition coefficient (Wildman–Crippen LogP) is 1.60. The fraction of sp³-hybridized carbons (Fsp3) is 0.368. The molecule has 11 nitrogen and oxygen atoms in total. The monoisotopic (exact) mass is 442 g/mol. The van der Waals surface area contributed by atoms with Crippen LogP contribution in [0.3, 0.4) is 0 Å². The number of thiophene rings is 1. The van der Waals surface area contributed by atoms with E-state index in [0.29, 0.717) is 30.3 Å². The summed E-state index contributed by atoms with van der Waals surface area (Å²) in [6.07, 6.45) is 1.23. The number of furan rings is 1. The first kappa shape index (κ1) is 20.7. The fourth-order valence-corrected chi connectivity index (χ4v) is 3.93. The van der Waals surface area contributed by atoms with Gasteiger partial charge in [-0.15, -0.1) is 11.3 Å². The molecule has 2 atom stereocenters. The van der Waals surface area contributed by atoms with Gasteiger partial charge in [0, 0.05) is 26.7 Å². The van der Waals surface area contributed by atoms with Gasteiger partial charge >= 0.3 is 0 Å². The Morgan fingerprint density at radius 3 is 2.65 bits per heavy atom. The zero-order valence-electron chi connectivity index (χ0n) is 17.8. The summed E-state index contributed by atoms with van der Waals surface area (Å²) in [5.41, 5.74) is 6.91. The molecule has 2 aliphatic heterocycles. The van der Waals surface area contributed by atoms with Crippen LogP contribution in [-0.4, -0.2) is 55.2 Å². The molecule has 2 unspecified atom stereocenters. The van der Waals surface area contributed by atoms with Crippen molar-refractivity contribution in [1.29, 1.82) is 0 Å². The van der Waals surface area contributed by atoms with Gasteiger partial charge in [-0.2, -0.15) is 0 Å². The first-order valence-electron chi connectivity index (χ1n) is 9.81. The Labute approximate surface area is 184 Å². The number of hydrogen-bond donors (Lipinski definition) is 4. The van der Waals surface area contributed by atoms with E-state index in [2.05, 4.69) is 52.3 Å². The van der Waals surface area contributed by atoms with E-state index >= 15 is 0 Å². The summed E-state index contributed by atoms with van der Waals surface area (Å²) < 4.78 is 5.47. The second-order valence-corrected chi connectivity index (χ2v) is 8.13. The maximum atomic E-state index is 5.77. The topological polar surface area (TPSA) is 131 Å². The van der Waals surface area contributed by atoms with Crippen LogP contribution in [0.5, 0.6) is 0 Å². The summed E-state index contributed by atoms with van der Waals surface area (Å²) in [5.74, 6) is 3.08. The van der Waals surface area contributed by atoms with Gasteiger partial charge in [-0.25, -0.2) is 20.0 Å². The molecule has 0 amide bonds. The molecule has 2 aromatic heterocycles.